The van der Waals surface area contributed by atoms with Crippen LogP contribution in [-0.2, 0) is 13.0 Å². The molecule has 0 bridgehead atoms. The van der Waals surface area contributed by atoms with E-state index >= 15 is 0 Å². The molecule has 0 amide bonds. The van der Waals surface area contributed by atoms with Gasteiger partial charge in [0.05, 0.1) is 5.52 Å². The predicted octanol–water partition coefficient (Wildman–Crippen LogP) is 3.55. The number of para-hydroxylation sites is 1. The second-order valence-electron chi connectivity index (χ2n) is 4.97. The zero-order chi connectivity index (χ0) is 13.8. The van der Waals surface area contributed by atoms with Crippen LogP contribution in [-0.4, -0.2) is 12.0 Å². The van der Waals surface area contributed by atoms with Crippen molar-refractivity contribution in [3.63, 3.8) is 0 Å². The van der Waals surface area contributed by atoms with Crippen molar-refractivity contribution in [1.82, 2.24) is 10.3 Å². The van der Waals surface area contributed by atoms with Crippen LogP contribution < -0.4 is 5.32 Å². The Bertz CT molecular complexity index is 719. The molecule has 1 heterocycles. The minimum atomic E-state index is 0.878. The van der Waals surface area contributed by atoms with Gasteiger partial charge in [-0.25, -0.2) is 0 Å². The van der Waals surface area contributed by atoms with Gasteiger partial charge in [-0.05, 0) is 30.3 Å². The molecule has 3 rings (SSSR count). The highest BCUT2D eigenvalue weighted by atomic mass is 14.8. The SMILES string of the molecule is CNCc1ccccc1Cc1ccc2ccccc2n1. The lowest BCUT2D eigenvalue weighted by Gasteiger charge is -2.09. The molecule has 3 aromatic rings. The van der Waals surface area contributed by atoms with Crippen molar-refractivity contribution >= 4 is 10.9 Å². The first kappa shape index (κ1) is 12.8. The van der Waals surface area contributed by atoms with Gasteiger partial charge in [0.2, 0.25) is 0 Å². The minimum absolute atomic E-state index is 0.878. The number of fused-ring (bicyclic) bond motifs is 1. The van der Waals surface area contributed by atoms with Crippen molar-refractivity contribution in [3.05, 3.63) is 77.5 Å². The monoisotopic (exact) mass is 262 g/mol. The van der Waals surface area contributed by atoms with Gasteiger partial charge in [-0.3, -0.25) is 4.98 Å². The molecule has 2 nitrogen and oxygen atoms in total. The normalized spacial score (nSPS) is 10.8. The van der Waals surface area contributed by atoms with Crippen LogP contribution in [0.15, 0.2) is 60.7 Å². The Labute approximate surface area is 119 Å². The maximum absolute atomic E-state index is 4.75. The number of nitrogens with zero attached hydrogens (tertiary/aromatic N) is 1. The summed E-state index contributed by atoms with van der Waals surface area (Å²) in [4.78, 5) is 4.75. The molecular weight excluding hydrogens is 244 g/mol. The Kier molecular flexibility index (Phi) is 3.75. The zero-order valence-corrected chi connectivity index (χ0v) is 11.6. The second kappa shape index (κ2) is 5.85. The van der Waals surface area contributed by atoms with Gasteiger partial charge in [0.25, 0.3) is 0 Å². The molecule has 0 saturated heterocycles. The van der Waals surface area contributed by atoms with Gasteiger partial charge in [0.15, 0.2) is 0 Å². The summed E-state index contributed by atoms with van der Waals surface area (Å²) in [7, 11) is 1.98. The molecule has 0 aliphatic heterocycles. The number of hydrogen-bond acceptors (Lipinski definition) is 2. The van der Waals surface area contributed by atoms with Crippen molar-refractivity contribution in [1.29, 1.82) is 0 Å². The van der Waals surface area contributed by atoms with Crippen molar-refractivity contribution in [2.75, 3.05) is 7.05 Å². The molecule has 2 aromatic carbocycles. The van der Waals surface area contributed by atoms with Gasteiger partial charge in [0, 0.05) is 24.0 Å². The van der Waals surface area contributed by atoms with E-state index in [4.69, 9.17) is 4.98 Å². The highest BCUT2D eigenvalue weighted by molar-refractivity contribution is 5.78. The number of benzene rings is 2. The summed E-state index contributed by atoms with van der Waals surface area (Å²) >= 11 is 0. The molecule has 100 valence electrons. The van der Waals surface area contributed by atoms with Crippen molar-refractivity contribution in [2.45, 2.75) is 13.0 Å². The molecule has 0 spiro atoms. The summed E-state index contributed by atoms with van der Waals surface area (Å²) in [6, 6.07) is 21.1. The molecule has 0 radical (unpaired) electrons. The number of rotatable bonds is 4. The molecule has 0 unspecified atom stereocenters. The van der Waals surface area contributed by atoms with Crippen molar-refractivity contribution in [2.24, 2.45) is 0 Å². The summed E-state index contributed by atoms with van der Waals surface area (Å²) in [6.07, 6.45) is 0.878. The highest BCUT2D eigenvalue weighted by Crippen LogP contribution is 2.16. The first-order valence-corrected chi connectivity index (χ1v) is 6.93. The first-order chi connectivity index (χ1) is 9.86. The van der Waals surface area contributed by atoms with Crippen molar-refractivity contribution in [3.8, 4) is 0 Å². The highest BCUT2D eigenvalue weighted by Gasteiger charge is 2.04. The third kappa shape index (κ3) is 2.70. The predicted molar refractivity (Wildman–Crippen MR) is 83.8 cm³/mol. The smallest absolute Gasteiger partial charge is 0.0705 e. The molecule has 0 atom stereocenters. The standard InChI is InChI=1S/C18H18N2/c1-19-13-16-8-3-2-7-15(16)12-17-11-10-14-6-4-5-9-18(14)20-17/h2-11,19H,12-13H2,1H3. The van der Waals surface area contributed by atoms with E-state index in [0.717, 1.165) is 24.2 Å². The molecule has 0 aliphatic carbocycles. The van der Waals surface area contributed by atoms with Crippen LogP contribution in [0.1, 0.15) is 16.8 Å². The molecule has 0 fully saturated rings. The fraction of sp³-hybridized carbons (Fsp3) is 0.167. The number of aromatic nitrogens is 1. The lowest BCUT2D eigenvalue weighted by molar-refractivity contribution is 0.806. The van der Waals surface area contributed by atoms with E-state index in [9.17, 15) is 0 Å². The van der Waals surface area contributed by atoms with Crippen LogP contribution in [0.2, 0.25) is 0 Å². The van der Waals surface area contributed by atoms with Crippen LogP contribution in [0.5, 0.6) is 0 Å². The van der Waals surface area contributed by atoms with Gasteiger partial charge >= 0.3 is 0 Å². The van der Waals surface area contributed by atoms with Gasteiger partial charge < -0.3 is 5.32 Å². The lowest BCUT2D eigenvalue weighted by Crippen LogP contribution is -2.08. The second-order valence-corrected chi connectivity index (χ2v) is 4.97. The van der Waals surface area contributed by atoms with E-state index in [2.05, 4.69) is 53.8 Å². The molecule has 2 heteroatoms. The van der Waals surface area contributed by atoms with E-state index in [1.807, 2.05) is 19.2 Å². The average Bonchev–Trinajstić information content (AvgIpc) is 2.49. The fourth-order valence-electron chi connectivity index (χ4n) is 2.49. The van der Waals surface area contributed by atoms with Crippen molar-refractivity contribution < 1.29 is 0 Å². The van der Waals surface area contributed by atoms with E-state index in [0.29, 0.717) is 0 Å². The Morgan fingerprint density at radius 1 is 0.850 bits per heavy atom. The third-order valence-corrected chi connectivity index (χ3v) is 3.51. The van der Waals surface area contributed by atoms with E-state index in [-0.39, 0.29) is 0 Å². The van der Waals surface area contributed by atoms with E-state index in [1.165, 1.54) is 16.5 Å². The fourth-order valence-corrected chi connectivity index (χ4v) is 2.49. The number of hydrogen-bond donors (Lipinski definition) is 1. The number of nitrogens with one attached hydrogen (secondary N) is 1. The summed E-state index contributed by atoms with van der Waals surface area (Å²) in [6.45, 7) is 0.893. The first-order valence-electron chi connectivity index (χ1n) is 6.93. The van der Waals surface area contributed by atoms with Crippen LogP contribution in [0.3, 0.4) is 0 Å². The molecule has 0 saturated carbocycles. The molecule has 0 aliphatic rings. The van der Waals surface area contributed by atoms with Gasteiger partial charge in [0.1, 0.15) is 0 Å². The topological polar surface area (TPSA) is 24.9 Å². The lowest BCUT2D eigenvalue weighted by atomic mass is 10.0. The largest absolute Gasteiger partial charge is 0.316 e. The summed E-state index contributed by atoms with van der Waals surface area (Å²) in [5.41, 5.74) is 4.86. The Hall–Kier alpha value is -2.19. The number of pyridine rings is 1. The van der Waals surface area contributed by atoms with Gasteiger partial charge in [-0.1, -0.05) is 48.5 Å². The van der Waals surface area contributed by atoms with E-state index in [1.54, 1.807) is 0 Å². The molecule has 1 N–H and O–H groups in total. The summed E-state index contributed by atoms with van der Waals surface area (Å²) in [5, 5.41) is 4.41. The summed E-state index contributed by atoms with van der Waals surface area (Å²) in [5.74, 6) is 0. The van der Waals surface area contributed by atoms with Crippen LogP contribution in [0, 0.1) is 0 Å². The van der Waals surface area contributed by atoms with Gasteiger partial charge in [-0.15, -0.1) is 0 Å². The maximum atomic E-state index is 4.75. The average molecular weight is 262 g/mol. The summed E-state index contributed by atoms with van der Waals surface area (Å²) < 4.78 is 0. The minimum Gasteiger partial charge on any atom is -0.316 e. The molecular formula is C18H18N2. The maximum Gasteiger partial charge on any atom is 0.0705 e. The Balaban J connectivity index is 1.93. The third-order valence-electron chi connectivity index (χ3n) is 3.51. The quantitative estimate of drug-likeness (QED) is 0.778. The van der Waals surface area contributed by atoms with Crippen LogP contribution in [0.4, 0.5) is 0 Å². The molecule has 1 aromatic heterocycles. The van der Waals surface area contributed by atoms with Crippen LogP contribution >= 0.6 is 0 Å². The van der Waals surface area contributed by atoms with E-state index < -0.39 is 0 Å². The Morgan fingerprint density at radius 3 is 2.45 bits per heavy atom. The Morgan fingerprint density at radius 2 is 1.60 bits per heavy atom. The zero-order valence-electron chi connectivity index (χ0n) is 11.6. The van der Waals surface area contributed by atoms with Gasteiger partial charge in [-0.2, -0.15) is 0 Å². The molecule has 20 heavy (non-hydrogen) atoms. The van der Waals surface area contributed by atoms with Crippen LogP contribution in [0.25, 0.3) is 10.9 Å².